The SMILES string of the molecule is O=[N+]([O-])C1=CC=C(S)CC1. The van der Waals surface area contributed by atoms with Crippen LogP contribution in [0, 0.1) is 10.1 Å². The minimum Gasteiger partial charge on any atom is -0.259 e. The van der Waals surface area contributed by atoms with E-state index in [9.17, 15) is 10.1 Å². The molecule has 0 aromatic carbocycles. The number of hydrogen-bond donors (Lipinski definition) is 1. The number of rotatable bonds is 1. The molecule has 3 nitrogen and oxygen atoms in total. The van der Waals surface area contributed by atoms with Gasteiger partial charge in [0.1, 0.15) is 0 Å². The van der Waals surface area contributed by atoms with Crippen LogP contribution in [-0.4, -0.2) is 4.92 Å². The highest BCUT2D eigenvalue weighted by atomic mass is 32.1. The van der Waals surface area contributed by atoms with Gasteiger partial charge in [-0.1, -0.05) is 0 Å². The second kappa shape index (κ2) is 2.88. The van der Waals surface area contributed by atoms with Crippen LogP contribution in [0.1, 0.15) is 12.8 Å². The maximum absolute atomic E-state index is 10.1. The minimum absolute atomic E-state index is 0.276. The van der Waals surface area contributed by atoms with E-state index in [4.69, 9.17) is 0 Å². The molecule has 0 aromatic heterocycles. The molecule has 0 saturated carbocycles. The number of thiol groups is 1. The maximum atomic E-state index is 10.1. The molecule has 0 saturated heterocycles. The Morgan fingerprint density at radius 2 is 2.20 bits per heavy atom. The first-order chi connectivity index (χ1) is 4.70. The normalized spacial score (nSPS) is 17.7. The standard InChI is InChI=1S/C6H7NO2S/c8-7(9)5-1-3-6(10)4-2-5/h1,3,10H,2,4H2. The summed E-state index contributed by atoms with van der Waals surface area (Å²) in [5.41, 5.74) is 0.276. The lowest BCUT2D eigenvalue weighted by Gasteiger charge is -2.02. The van der Waals surface area contributed by atoms with Crippen LogP contribution in [0.25, 0.3) is 0 Å². The highest BCUT2D eigenvalue weighted by molar-refractivity contribution is 7.84. The Labute approximate surface area is 64.0 Å². The minimum atomic E-state index is -0.350. The van der Waals surface area contributed by atoms with Crippen molar-refractivity contribution in [3.63, 3.8) is 0 Å². The Bertz CT molecular complexity index is 220. The van der Waals surface area contributed by atoms with Crippen molar-refractivity contribution in [1.29, 1.82) is 0 Å². The van der Waals surface area contributed by atoms with Crippen LogP contribution in [0.4, 0.5) is 0 Å². The van der Waals surface area contributed by atoms with Crippen molar-refractivity contribution in [1.82, 2.24) is 0 Å². The molecule has 0 N–H and O–H groups in total. The first-order valence-corrected chi connectivity index (χ1v) is 3.38. The third kappa shape index (κ3) is 1.60. The topological polar surface area (TPSA) is 43.1 Å². The number of nitro groups is 1. The van der Waals surface area contributed by atoms with Crippen molar-refractivity contribution in [3.05, 3.63) is 32.9 Å². The molecule has 0 spiro atoms. The van der Waals surface area contributed by atoms with Gasteiger partial charge < -0.3 is 0 Å². The summed E-state index contributed by atoms with van der Waals surface area (Å²) in [7, 11) is 0. The molecule has 4 heteroatoms. The van der Waals surface area contributed by atoms with Crippen molar-refractivity contribution in [2.75, 3.05) is 0 Å². The van der Waals surface area contributed by atoms with Gasteiger partial charge in [0.2, 0.25) is 5.70 Å². The van der Waals surface area contributed by atoms with Crippen molar-refractivity contribution >= 4 is 12.6 Å². The molecule has 1 rings (SSSR count). The van der Waals surface area contributed by atoms with Crippen LogP contribution in [-0.2, 0) is 0 Å². The smallest absolute Gasteiger partial charge is 0.246 e. The van der Waals surface area contributed by atoms with Crippen LogP contribution >= 0.6 is 12.6 Å². The van der Waals surface area contributed by atoms with Gasteiger partial charge in [0.05, 0.1) is 4.92 Å². The Hall–Kier alpha value is -0.770. The maximum Gasteiger partial charge on any atom is 0.246 e. The molecule has 0 aromatic rings. The number of hydrogen-bond acceptors (Lipinski definition) is 3. The van der Waals surface area contributed by atoms with Gasteiger partial charge in [-0.3, -0.25) is 10.1 Å². The summed E-state index contributed by atoms with van der Waals surface area (Å²) in [6.45, 7) is 0. The van der Waals surface area contributed by atoms with Gasteiger partial charge in [-0.25, -0.2) is 0 Å². The monoisotopic (exact) mass is 157 g/mol. The zero-order valence-corrected chi connectivity index (χ0v) is 6.17. The van der Waals surface area contributed by atoms with E-state index in [1.807, 2.05) is 0 Å². The van der Waals surface area contributed by atoms with Crippen molar-refractivity contribution < 1.29 is 4.92 Å². The molecular formula is C6H7NO2S. The van der Waals surface area contributed by atoms with E-state index in [1.54, 1.807) is 6.08 Å². The van der Waals surface area contributed by atoms with Gasteiger partial charge in [0.25, 0.3) is 0 Å². The third-order valence-electron chi connectivity index (χ3n) is 1.34. The van der Waals surface area contributed by atoms with Crippen LogP contribution < -0.4 is 0 Å². The molecule has 0 amide bonds. The quantitative estimate of drug-likeness (QED) is 0.358. The van der Waals surface area contributed by atoms with E-state index in [2.05, 4.69) is 12.6 Å². The number of allylic oxidation sites excluding steroid dienone is 4. The van der Waals surface area contributed by atoms with E-state index in [0.29, 0.717) is 12.8 Å². The molecule has 1 aliphatic carbocycles. The van der Waals surface area contributed by atoms with Gasteiger partial charge in [-0.2, -0.15) is 0 Å². The van der Waals surface area contributed by atoms with E-state index >= 15 is 0 Å². The molecule has 0 fully saturated rings. The molecule has 54 valence electrons. The Kier molecular flexibility index (Phi) is 2.11. The van der Waals surface area contributed by atoms with E-state index < -0.39 is 0 Å². The second-order valence-electron chi connectivity index (χ2n) is 2.07. The van der Waals surface area contributed by atoms with E-state index in [0.717, 1.165) is 4.91 Å². The molecule has 0 heterocycles. The fourth-order valence-electron chi connectivity index (χ4n) is 0.767. The third-order valence-corrected chi connectivity index (χ3v) is 1.71. The van der Waals surface area contributed by atoms with Crippen molar-refractivity contribution in [3.8, 4) is 0 Å². The molecule has 0 radical (unpaired) electrons. The largest absolute Gasteiger partial charge is 0.259 e. The highest BCUT2D eigenvalue weighted by Gasteiger charge is 2.12. The predicted octanol–water partition coefficient (Wildman–Crippen LogP) is 1.75. The second-order valence-corrected chi connectivity index (χ2v) is 2.65. The van der Waals surface area contributed by atoms with Crippen LogP contribution in [0.5, 0.6) is 0 Å². The summed E-state index contributed by atoms with van der Waals surface area (Å²) < 4.78 is 0. The zero-order valence-electron chi connectivity index (χ0n) is 5.28. The molecule has 10 heavy (non-hydrogen) atoms. The van der Waals surface area contributed by atoms with E-state index in [1.165, 1.54) is 6.08 Å². The highest BCUT2D eigenvalue weighted by Crippen LogP contribution is 2.20. The molecule has 0 bridgehead atoms. The van der Waals surface area contributed by atoms with Crippen LogP contribution in [0.15, 0.2) is 22.8 Å². The number of nitrogens with zero attached hydrogens (tertiary/aromatic N) is 1. The lowest BCUT2D eigenvalue weighted by Crippen LogP contribution is -2.00. The van der Waals surface area contributed by atoms with Gasteiger partial charge in [-0.05, 0) is 17.4 Å². The Morgan fingerprint density at radius 1 is 1.50 bits per heavy atom. The average Bonchev–Trinajstić information content (AvgIpc) is 1.88. The first kappa shape index (κ1) is 7.34. The first-order valence-electron chi connectivity index (χ1n) is 2.93. The van der Waals surface area contributed by atoms with Crippen molar-refractivity contribution in [2.45, 2.75) is 12.8 Å². The zero-order chi connectivity index (χ0) is 7.56. The fraction of sp³-hybridized carbons (Fsp3) is 0.333. The van der Waals surface area contributed by atoms with Gasteiger partial charge >= 0.3 is 0 Å². The van der Waals surface area contributed by atoms with Gasteiger partial charge in [0.15, 0.2) is 0 Å². The summed E-state index contributed by atoms with van der Waals surface area (Å²) >= 11 is 4.06. The Morgan fingerprint density at radius 3 is 2.60 bits per heavy atom. The molecule has 1 aliphatic rings. The van der Waals surface area contributed by atoms with Crippen molar-refractivity contribution in [2.24, 2.45) is 0 Å². The summed E-state index contributed by atoms with van der Waals surface area (Å²) in [4.78, 5) is 10.7. The summed E-state index contributed by atoms with van der Waals surface area (Å²) in [5.74, 6) is 0. The van der Waals surface area contributed by atoms with Crippen LogP contribution in [0.2, 0.25) is 0 Å². The fourth-order valence-corrected chi connectivity index (χ4v) is 0.954. The summed E-state index contributed by atoms with van der Waals surface area (Å²) in [6, 6.07) is 0. The Balaban J connectivity index is 2.74. The average molecular weight is 157 g/mol. The molecule has 0 unspecified atom stereocenters. The molecule has 0 aliphatic heterocycles. The van der Waals surface area contributed by atoms with E-state index in [-0.39, 0.29) is 10.6 Å². The lowest BCUT2D eigenvalue weighted by atomic mass is 10.1. The summed E-state index contributed by atoms with van der Waals surface area (Å²) in [5, 5.41) is 10.1. The molecular weight excluding hydrogens is 150 g/mol. The molecule has 0 atom stereocenters. The van der Waals surface area contributed by atoms with Gasteiger partial charge in [-0.15, -0.1) is 12.6 Å². The predicted molar refractivity (Wildman–Crippen MR) is 41.4 cm³/mol. The van der Waals surface area contributed by atoms with Gasteiger partial charge in [0, 0.05) is 12.5 Å². The lowest BCUT2D eigenvalue weighted by molar-refractivity contribution is -0.428. The summed E-state index contributed by atoms with van der Waals surface area (Å²) in [6.07, 6.45) is 4.37. The van der Waals surface area contributed by atoms with Crippen LogP contribution in [0.3, 0.4) is 0 Å².